The summed E-state index contributed by atoms with van der Waals surface area (Å²) in [6, 6.07) is 14.2. The summed E-state index contributed by atoms with van der Waals surface area (Å²) in [6.07, 6.45) is 0. The molecule has 0 unspecified atom stereocenters. The van der Waals surface area contributed by atoms with Crippen molar-refractivity contribution < 1.29 is 9.47 Å². The molecule has 32 heavy (non-hydrogen) atoms. The molecule has 0 amide bonds. The normalized spacial score (nSPS) is 12.6. The highest BCUT2D eigenvalue weighted by atomic mass is 32.2. The monoisotopic (exact) mass is 448 g/mol. The van der Waals surface area contributed by atoms with Crippen molar-refractivity contribution in [3.05, 3.63) is 75.2 Å². The van der Waals surface area contributed by atoms with Crippen LogP contribution in [-0.2, 0) is 18.8 Å². The highest BCUT2D eigenvalue weighted by molar-refractivity contribution is 7.98. The number of ether oxygens (including phenoxy) is 2. The average Bonchev–Trinajstić information content (AvgIpc) is 3.39. The number of aryl methyl sites for hydroxylation is 3. The summed E-state index contributed by atoms with van der Waals surface area (Å²) in [6.45, 7) is 7.18. The molecule has 0 N–H and O–H groups in total. The predicted molar refractivity (Wildman–Crippen MR) is 125 cm³/mol. The van der Waals surface area contributed by atoms with Crippen LogP contribution in [0, 0.1) is 13.8 Å². The van der Waals surface area contributed by atoms with Crippen molar-refractivity contribution in [3.8, 4) is 11.5 Å². The third-order valence-electron chi connectivity index (χ3n) is 5.55. The molecule has 0 spiro atoms. The van der Waals surface area contributed by atoms with Gasteiger partial charge in [0.05, 0.1) is 12.2 Å². The van der Waals surface area contributed by atoms with Crippen LogP contribution in [-0.4, -0.2) is 26.1 Å². The van der Waals surface area contributed by atoms with Gasteiger partial charge in [0.1, 0.15) is 5.52 Å². The van der Waals surface area contributed by atoms with Gasteiger partial charge in [-0.2, -0.15) is 5.10 Å². The second kappa shape index (κ2) is 8.35. The number of fused-ring (bicyclic) bond motifs is 2. The Bertz CT molecular complexity index is 1360. The molecule has 2 aromatic heterocycles. The Balaban J connectivity index is 1.57. The van der Waals surface area contributed by atoms with Crippen molar-refractivity contribution in [1.29, 1.82) is 0 Å². The first-order valence-electron chi connectivity index (χ1n) is 10.6. The Morgan fingerprint density at radius 2 is 1.78 bits per heavy atom. The van der Waals surface area contributed by atoms with Gasteiger partial charge in [-0.15, -0.1) is 0 Å². The van der Waals surface area contributed by atoms with Gasteiger partial charge in [-0.05, 0) is 44.0 Å². The first-order valence-corrected chi connectivity index (χ1v) is 11.6. The maximum absolute atomic E-state index is 13.6. The maximum Gasteiger partial charge on any atom is 0.280 e. The smallest absolute Gasteiger partial charge is 0.280 e. The molecule has 0 radical (unpaired) electrons. The van der Waals surface area contributed by atoms with E-state index in [0.29, 0.717) is 35.0 Å². The van der Waals surface area contributed by atoms with E-state index in [1.165, 1.54) is 11.1 Å². The van der Waals surface area contributed by atoms with E-state index in [4.69, 9.17) is 14.5 Å². The Morgan fingerprint density at radius 1 is 1.03 bits per heavy atom. The van der Waals surface area contributed by atoms with Crippen LogP contribution in [0.3, 0.4) is 0 Å². The summed E-state index contributed by atoms with van der Waals surface area (Å²) < 4.78 is 14.4. The number of nitrogens with zero attached hydrogens (tertiary/aromatic N) is 4. The molecule has 0 fully saturated rings. The number of benzene rings is 2. The molecule has 0 saturated heterocycles. The highest BCUT2D eigenvalue weighted by Crippen LogP contribution is 2.33. The minimum atomic E-state index is -0.0819. The molecule has 5 rings (SSSR count). The van der Waals surface area contributed by atoms with Crippen molar-refractivity contribution in [1.82, 2.24) is 19.3 Å². The Labute approximate surface area is 190 Å². The summed E-state index contributed by atoms with van der Waals surface area (Å²) in [5.74, 6) is 2.15. The van der Waals surface area contributed by atoms with Gasteiger partial charge in [-0.25, -0.2) is 4.98 Å². The quantitative estimate of drug-likeness (QED) is 0.324. The Morgan fingerprint density at radius 3 is 2.56 bits per heavy atom. The maximum atomic E-state index is 13.6. The van der Waals surface area contributed by atoms with Crippen molar-refractivity contribution >= 4 is 22.8 Å². The first-order chi connectivity index (χ1) is 15.5. The second-order valence-electron chi connectivity index (χ2n) is 7.85. The fraction of sp³-hybridized carbons (Fsp3) is 0.292. The van der Waals surface area contributed by atoms with Crippen molar-refractivity contribution in [2.45, 2.75) is 44.8 Å². The van der Waals surface area contributed by atoms with Crippen molar-refractivity contribution in [2.24, 2.45) is 0 Å². The topological polar surface area (TPSA) is 71.2 Å². The van der Waals surface area contributed by atoms with Gasteiger partial charge in [0.25, 0.3) is 5.56 Å². The minimum Gasteiger partial charge on any atom is -0.454 e. The molecule has 164 valence electrons. The van der Waals surface area contributed by atoms with Crippen LogP contribution in [0.5, 0.6) is 11.5 Å². The van der Waals surface area contributed by atoms with Crippen LogP contribution in [0.4, 0.5) is 0 Å². The number of rotatable bonds is 6. The fourth-order valence-corrected chi connectivity index (χ4v) is 4.77. The number of hydrogen-bond donors (Lipinski definition) is 0. The molecule has 0 saturated carbocycles. The van der Waals surface area contributed by atoms with Gasteiger partial charge < -0.3 is 9.47 Å². The number of thioether (sulfide) groups is 1. The molecule has 1 aliphatic heterocycles. The molecule has 0 aliphatic carbocycles. The molecule has 0 atom stereocenters. The van der Waals surface area contributed by atoms with Crippen LogP contribution < -0.4 is 15.0 Å². The van der Waals surface area contributed by atoms with Crippen LogP contribution in [0.2, 0.25) is 0 Å². The SMILES string of the molecule is CCn1nc(C)c2nc(SCc3ccc(C)cc3)n(Cc3ccc4c(c3)OCO4)c(=O)c21. The average molecular weight is 449 g/mol. The summed E-state index contributed by atoms with van der Waals surface area (Å²) in [4.78, 5) is 18.5. The molecule has 2 aromatic carbocycles. The zero-order valence-corrected chi connectivity index (χ0v) is 19.1. The van der Waals surface area contributed by atoms with E-state index < -0.39 is 0 Å². The van der Waals surface area contributed by atoms with Crippen LogP contribution in [0.25, 0.3) is 11.0 Å². The largest absolute Gasteiger partial charge is 0.454 e. The lowest BCUT2D eigenvalue weighted by Gasteiger charge is -2.13. The third kappa shape index (κ3) is 3.75. The lowest BCUT2D eigenvalue weighted by Crippen LogP contribution is -2.25. The zero-order chi connectivity index (χ0) is 22.2. The molecule has 0 bridgehead atoms. The van der Waals surface area contributed by atoms with Gasteiger partial charge in [0.15, 0.2) is 22.2 Å². The van der Waals surface area contributed by atoms with E-state index >= 15 is 0 Å². The minimum absolute atomic E-state index is 0.0819. The van der Waals surface area contributed by atoms with Gasteiger partial charge in [-0.1, -0.05) is 47.7 Å². The molecule has 7 nitrogen and oxygen atoms in total. The predicted octanol–water partition coefficient (Wildman–Crippen LogP) is 4.30. The lowest BCUT2D eigenvalue weighted by atomic mass is 10.2. The summed E-state index contributed by atoms with van der Waals surface area (Å²) >= 11 is 1.56. The van der Waals surface area contributed by atoms with Crippen LogP contribution in [0.15, 0.2) is 52.4 Å². The van der Waals surface area contributed by atoms with Crippen molar-refractivity contribution in [3.63, 3.8) is 0 Å². The molecule has 8 heteroatoms. The van der Waals surface area contributed by atoms with E-state index in [1.54, 1.807) is 21.0 Å². The first kappa shape index (κ1) is 20.6. The van der Waals surface area contributed by atoms with Gasteiger partial charge in [0, 0.05) is 12.3 Å². The van der Waals surface area contributed by atoms with Crippen molar-refractivity contribution in [2.75, 3.05) is 6.79 Å². The van der Waals surface area contributed by atoms with Gasteiger partial charge in [-0.3, -0.25) is 14.0 Å². The summed E-state index contributed by atoms with van der Waals surface area (Å²) in [5.41, 5.74) is 5.27. The van der Waals surface area contributed by atoms with E-state index in [-0.39, 0.29) is 12.4 Å². The number of hydrogen-bond acceptors (Lipinski definition) is 6. The summed E-state index contributed by atoms with van der Waals surface area (Å²) in [5, 5.41) is 5.21. The second-order valence-corrected chi connectivity index (χ2v) is 8.79. The Hall–Kier alpha value is -3.26. The third-order valence-corrected chi connectivity index (χ3v) is 6.60. The molecular formula is C24H24N4O3S. The standard InChI is InChI=1S/C24H24N4O3S/c1-4-28-22-21(16(3)26-28)25-24(32-13-17-7-5-15(2)6-8-17)27(23(22)29)12-18-9-10-19-20(11-18)31-14-30-19/h5-11H,4,12-14H2,1-3H3. The molecule has 1 aliphatic rings. The van der Waals surface area contributed by atoms with Crippen LogP contribution >= 0.6 is 11.8 Å². The zero-order valence-electron chi connectivity index (χ0n) is 18.3. The van der Waals surface area contributed by atoms with Gasteiger partial charge >= 0.3 is 0 Å². The van der Waals surface area contributed by atoms with E-state index in [1.807, 2.05) is 32.0 Å². The molecular weight excluding hydrogens is 424 g/mol. The van der Waals surface area contributed by atoms with E-state index in [2.05, 4.69) is 36.3 Å². The molecule has 3 heterocycles. The highest BCUT2D eigenvalue weighted by Gasteiger charge is 2.20. The fourth-order valence-electron chi connectivity index (χ4n) is 3.82. The van der Waals surface area contributed by atoms with E-state index in [0.717, 1.165) is 22.8 Å². The molecule has 4 aromatic rings. The van der Waals surface area contributed by atoms with Crippen LogP contribution in [0.1, 0.15) is 29.3 Å². The van der Waals surface area contributed by atoms with Gasteiger partial charge in [0.2, 0.25) is 6.79 Å². The lowest BCUT2D eigenvalue weighted by molar-refractivity contribution is 0.174. The van der Waals surface area contributed by atoms with E-state index in [9.17, 15) is 4.79 Å². The number of aromatic nitrogens is 4. The summed E-state index contributed by atoms with van der Waals surface area (Å²) in [7, 11) is 0. The Kier molecular flexibility index (Phi) is 5.38.